The van der Waals surface area contributed by atoms with Crippen molar-refractivity contribution in [2.75, 3.05) is 19.8 Å². The van der Waals surface area contributed by atoms with Crippen molar-refractivity contribution in [2.45, 2.75) is 25.7 Å². The van der Waals surface area contributed by atoms with Crippen LogP contribution < -0.4 is 0 Å². The van der Waals surface area contributed by atoms with Gasteiger partial charge in [0, 0.05) is 36.3 Å². The van der Waals surface area contributed by atoms with E-state index in [1.54, 1.807) is 0 Å². The van der Waals surface area contributed by atoms with Crippen LogP contribution in [0.4, 0.5) is 0 Å². The van der Waals surface area contributed by atoms with Crippen LogP contribution in [0.1, 0.15) is 41.6 Å². The lowest BCUT2D eigenvalue weighted by atomic mass is 9.77. The fourth-order valence-electron chi connectivity index (χ4n) is 4.16. The SMILES string of the molecule is O=C1C(CC(CCO)C(CCO)CCO)=Cc2cccc3cccc1c23. The number of Topliss-reactive ketones (excluding diaryl/α,β-unsaturated/α-hetero) is 1. The van der Waals surface area contributed by atoms with Crippen molar-refractivity contribution >= 4 is 22.6 Å². The van der Waals surface area contributed by atoms with Crippen molar-refractivity contribution in [3.05, 3.63) is 53.1 Å². The molecule has 0 aromatic heterocycles. The normalized spacial score (nSPS) is 14.8. The molecule has 0 fully saturated rings. The molecule has 0 radical (unpaired) electrons. The lowest BCUT2D eigenvalue weighted by Gasteiger charge is -2.28. The number of carbonyl (C=O) groups excluding carboxylic acids is 1. The Morgan fingerprint density at radius 3 is 2.08 bits per heavy atom. The molecule has 2 aromatic carbocycles. The smallest absolute Gasteiger partial charge is 0.189 e. The van der Waals surface area contributed by atoms with Crippen molar-refractivity contribution < 1.29 is 20.1 Å². The van der Waals surface area contributed by atoms with E-state index in [4.69, 9.17) is 0 Å². The van der Waals surface area contributed by atoms with Crippen molar-refractivity contribution in [1.82, 2.24) is 0 Å². The van der Waals surface area contributed by atoms with E-state index in [-0.39, 0.29) is 37.4 Å². The molecule has 0 aliphatic heterocycles. The maximum atomic E-state index is 13.1. The fraction of sp³-hybridized carbons (Fsp3) is 0.409. The molecule has 0 spiro atoms. The average molecular weight is 354 g/mol. The molecule has 4 nitrogen and oxygen atoms in total. The summed E-state index contributed by atoms with van der Waals surface area (Å²) in [5.74, 6) is 0.182. The van der Waals surface area contributed by atoms with Gasteiger partial charge in [-0.15, -0.1) is 0 Å². The maximum Gasteiger partial charge on any atom is 0.189 e. The van der Waals surface area contributed by atoms with Crippen LogP contribution in [0.3, 0.4) is 0 Å². The monoisotopic (exact) mass is 354 g/mol. The first-order valence-electron chi connectivity index (χ1n) is 9.29. The first-order chi connectivity index (χ1) is 12.7. The first kappa shape index (κ1) is 18.8. The van der Waals surface area contributed by atoms with E-state index in [2.05, 4.69) is 0 Å². The van der Waals surface area contributed by atoms with E-state index in [0.717, 1.165) is 27.5 Å². The summed E-state index contributed by atoms with van der Waals surface area (Å²) < 4.78 is 0. The molecule has 3 rings (SSSR count). The molecular weight excluding hydrogens is 328 g/mol. The van der Waals surface area contributed by atoms with Gasteiger partial charge in [0.1, 0.15) is 0 Å². The summed E-state index contributed by atoms with van der Waals surface area (Å²) in [6.07, 6.45) is 4.21. The highest BCUT2D eigenvalue weighted by Crippen LogP contribution is 2.36. The fourth-order valence-corrected chi connectivity index (χ4v) is 4.16. The second kappa shape index (κ2) is 8.58. The zero-order chi connectivity index (χ0) is 18.5. The molecule has 1 atom stereocenters. The van der Waals surface area contributed by atoms with Crippen LogP contribution in [0.15, 0.2) is 42.0 Å². The second-order valence-corrected chi connectivity index (χ2v) is 7.01. The summed E-state index contributed by atoms with van der Waals surface area (Å²) in [5.41, 5.74) is 2.53. The van der Waals surface area contributed by atoms with Crippen LogP contribution in [0.5, 0.6) is 0 Å². The summed E-state index contributed by atoms with van der Waals surface area (Å²) in [7, 11) is 0. The van der Waals surface area contributed by atoms with Gasteiger partial charge in [-0.1, -0.05) is 36.4 Å². The third-order valence-electron chi connectivity index (χ3n) is 5.45. The van der Waals surface area contributed by atoms with Crippen LogP contribution in [0, 0.1) is 11.8 Å². The molecule has 0 saturated heterocycles. The van der Waals surface area contributed by atoms with Crippen molar-refractivity contribution in [3.8, 4) is 0 Å². The van der Waals surface area contributed by atoms with Crippen LogP contribution in [0.25, 0.3) is 16.8 Å². The molecule has 0 amide bonds. The summed E-state index contributed by atoms with van der Waals surface area (Å²) in [4.78, 5) is 13.1. The minimum atomic E-state index is 0.0334. The van der Waals surface area contributed by atoms with E-state index in [9.17, 15) is 20.1 Å². The lowest BCUT2D eigenvalue weighted by molar-refractivity contribution is 0.101. The Morgan fingerprint density at radius 1 is 0.808 bits per heavy atom. The van der Waals surface area contributed by atoms with E-state index in [1.165, 1.54) is 0 Å². The summed E-state index contributed by atoms with van der Waals surface area (Å²) in [6.45, 7) is 0.120. The largest absolute Gasteiger partial charge is 0.396 e. The van der Waals surface area contributed by atoms with Crippen LogP contribution in [-0.2, 0) is 0 Å². The van der Waals surface area contributed by atoms with Gasteiger partial charge < -0.3 is 15.3 Å². The molecule has 0 bridgehead atoms. The third-order valence-corrected chi connectivity index (χ3v) is 5.45. The molecule has 138 valence electrons. The molecule has 2 aromatic rings. The van der Waals surface area contributed by atoms with Crippen molar-refractivity contribution in [2.24, 2.45) is 11.8 Å². The number of allylic oxidation sites excluding steroid dienone is 1. The van der Waals surface area contributed by atoms with E-state index >= 15 is 0 Å². The molecule has 3 N–H and O–H groups in total. The molecule has 4 heteroatoms. The molecular formula is C22H26O4. The third kappa shape index (κ3) is 3.73. The standard InChI is InChI=1S/C22H26O4/c23-10-7-15(8-11-24)17(9-12-25)13-19-14-18-5-1-3-16-4-2-6-20(21(16)18)22(19)26/h1-6,14-15,17,23-25H,7-13H2. The van der Waals surface area contributed by atoms with Gasteiger partial charge >= 0.3 is 0 Å². The second-order valence-electron chi connectivity index (χ2n) is 7.01. The maximum absolute atomic E-state index is 13.1. The van der Waals surface area contributed by atoms with E-state index in [0.29, 0.717) is 25.7 Å². The zero-order valence-corrected chi connectivity index (χ0v) is 14.9. The number of aliphatic hydroxyl groups is 3. The Morgan fingerprint density at radius 2 is 1.42 bits per heavy atom. The van der Waals surface area contributed by atoms with Gasteiger partial charge in [-0.25, -0.2) is 0 Å². The van der Waals surface area contributed by atoms with Gasteiger partial charge in [0.05, 0.1) is 0 Å². The van der Waals surface area contributed by atoms with Gasteiger partial charge in [-0.05, 0) is 54.5 Å². The minimum Gasteiger partial charge on any atom is -0.396 e. The Labute approximate surface area is 153 Å². The minimum absolute atomic E-state index is 0.0334. The zero-order valence-electron chi connectivity index (χ0n) is 14.9. The van der Waals surface area contributed by atoms with Gasteiger partial charge in [0.2, 0.25) is 0 Å². The summed E-state index contributed by atoms with van der Waals surface area (Å²) in [6, 6.07) is 11.8. The Bertz CT molecular complexity index is 798. The van der Waals surface area contributed by atoms with Gasteiger partial charge in [0.15, 0.2) is 5.78 Å². The molecule has 0 saturated carbocycles. The van der Waals surface area contributed by atoms with E-state index in [1.807, 2.05) is 42.5 Å². The predicted octanol–water partition coefficient (Wildman–Crippen LogP) is 3.19. The number of hydrogen-bond donors (Lipinski definition) is 3. The number of rotatable bonds is 9. The van der Waals surface area contributed by atoms with Gasteiger partial charge in [-0.2, -0.15) is 0 Å². The Kier molecular flexibility index (Phi) is 6.20. The van der Waals surface area contributed by atoms with Crippen molar-refractivity contribution in [1.29, 1.82) is 0 Å². The molecule has 1 aliphatic carbocycles. The number of hydrogen-bond acceptors (Lipinski definition) is 4. The summed E-state index contributed by atoms with van der Waals surface area (Å²) >= 11 is 0. The van der Waals surface area contributed by atoms with Gasteiger partial charge in [-0.3, -0.25) is 4.79 Å². The predicted molar refractivity (Wildman–Crippen MR) is 103 cm³/mol. The Hall–Kier alpha value is -2.01. The highest BCUT2D eigenvalue weighted by Gasteiger charge is 2.27. The average Bonchev–Trinajstić information content (AvgIpc) is 2.65. The van der Waals surface area contributed by atoms with Crippen LogP contribution in [0.2, 0.25) is 0 Å². The van der Waals surface area contributed by atoms with Crippen LogP contribution >= 0.6 is 0 Å². The molecule has 0 heterocycles. The highest BCUT2D eigenvalue weighted by molar-refractivity contribution is 6.22. The van der Waals surface area contributed by atoms with E-state index < -0.39 is 0 Å². The number of carbonyl (C=O) groups is 1. The van der Waals surface area contributed by atoms with Crippen molar-refractivity contribution in [3.63, 3.8) is 0 Å². The Balaban J connectivity index is 1.93. The van der Waals surface area contributed by atoms with Crippen LogP contribution in [-0.4, -0.2) is 40.9 Å². The topological polar surface area (TPSA) is 77.8 Å². The number of aliphatic hydroxyl groups excluding tert-OH is 3. The quantitative estimate of drug-likeness (QED) is 0.646. The molecule has 1 aliphatic rings. The van der Waals surface area contributed by atoms with Gasteiger partial charge in [0.25, 0.3) is 0 Å². The molecule has 1 unspecified atom stereocenters. The number of ketones is 1. The number of benzene rings is 2. The first-order valence-corrected chi connectivity index (χ1v) is 9.29. The highest BCUT2D eigenvalue weighted by atomic mass is 16.3. The lowest BCUT2D eigenvalue weighted by Crippen LogP contribution is -2.22. The summed E-state index contributed by atoms with van der Waals surface area (Å²) in [5, 5.41) is 30.2. The molecule has 26 heavy (non-hydrogen) atoms.